The molecule has 12 heavy (non-hydrogen) atoms. The Morgan fingerprint density at radius 1 is 0.917 bits per heavy atom. The Hall–Kier alpha value is -1.00. The van der Waals surface area contributed by atoms with E-state index >= 15 is 0 Å². The van der Waals surface area contributed by atoms with Crippen molar-refractivity contribution in [2.24, 2.45) is 0 Å². The average Bonchev–Trinajstić information content (AvgIpc) is 2.09. The Morgan fingerprint density at radius 2 is 1.25 bits per heavy atom. The van der Waals surface area contributed by atoms with Crippen molar-refractivity contribution in [2.45, 2.75) is 13.2 Å². The van der Waals surface area contributed by atoms with Gasteiger partial charge < -0.3 is 10.2 Å². The molecule has 1 aromatic rings. The molecule has 0 bridgehead atoms. The first-order valence-corrected chi connectivity index (χ1v) is 3.37. The van der Waals surface area contributed by atoms with Gasteiger partial charge in [-0.3, -0.25) is 0 Å². The van der Waals surface area contributed by atoms with Crippen LogP contribution in [0.2, 0.25) is 0 Å². The number of aliphatic hydroxyl groups is 2. The van der Waals surface area contributed by atoms with Crippen molar-refractivity contribution in [3.8, 4) is 0 Å². The van der Waals surface area contributed by atoms with Crippen LogP contribution in [0.5, 0.6) is 0 Å². The van der Waals surface area contributed by atoms with E-state index in [0.29, 0.717) is 0 Å². The van der Waals surface area contributed by atoms with Crippen LogP contribution < -0.4 is 0 Å². The van der Waals surface area contributed by atoms with Crippen LogP contribution in [-0.2, 0) is 13.2 Å². The number of halogens is 2. The fourth-order valence-corrected chi connectivity index (χ4v) is 0.924. The van der Waals surface area contributed by atoms with Crippen LogP contribution in [-0.4, -0.2) is 10.2 Å². The molecule has 0 atom stereocenters. The minimum atomic E-state index is -1.02. The average molecular weight is 174 g/mol. The number of hydrogen-bond acceptors (Lipinski definition) is 2. The molecule has 2 N–H and O–H groups in total. The van der Waals surface area contributed by atoms with Crippen LogP contribution in [0.1, 0.15) is 11.1 Å². The fourth-order valence-electron chi connectivity index (χ4n) is 0.924. The van der Waals surface area contributed by atoms with Gasteiger partial charge in [0.1, 0.15) is 0 Å². The zero-order valence-electron chi connectivity index (χ0n) is 6.22. The molecule has 0 aliphatic heterocycles. The summed E-state index contributed by atoms with van der Waals surface area (Å²) in [7, 11) is 0. The van der Waals surface area contributed by atoms with Crippen LogP contribution in [0.25, 0.3) is 0 Å². The van der Waals surface area contributed by atoms with Gasteiger partial charge in [0, 0.05) is 0 Å². The van der Waals surface area contributed by atoms with Gasteiger partial charge in [-0.25, -0.2) is 8.78 Å². The fraction of sp³-hybridized carbons (Fsp3) is 0.250. The van der Waals surface area contributed by atoms with Gasteiger partial charge in [-0.15, -0.1) is 0 Å². The summed E-state index contributed by atoms with van der Waals surface area (Å²) in [4.78, 5) is 0. The lowest BCUT2D eigenvalue weighted by Gasteiger charge is -2.04. The first-order chi connectivity index (χ1) is 5.69. The van der Waals surface area contributed by atoms with Crippen molar-refractivity contribution in [2.75, 3.05) is 0 Å². The number of benzene rings is 1. The van der Waals surface area contributed by atoms with Crippen LogP contribution in [0, 0.1) is 11.6 Å². The summed E-state index contributed by atoms with van der Waals surface area (Å²) in [6.45, 7) is -0.819. The van der Waals surface area contributed by atoms with E-state index in [0.717, 1.165) is 12.1 Å². The highest BCUT2D eigenvalue weighted by Gasteiger charge is 2.07. The number of hydrogen-bond donors (Lipinski definition) is 2. The zero-order chi connectivity index (χ0) is 9.14. The molecule has 4 heteroatoms. The summed E-state index contributed by atoms with van der Waals surface area (Å²) >= 11 is 0. The maximum absolute atomic E-state index is 12.5. The van der Waals surface area contributed by atoms with E-state index in [1.54, 1.807) is 0 Å². The molecule has 0 aliphatic carbocycles. The van der Waals surface area contributed by atoms with Crippen molar-refractivity contribution in [1.29, 1.82) is 0 Å². The Bertz CT molecular complexity index is 258. The van der Waals surface area contributed by atoms with E-state index in [9.17, 15) is 8.78 Å². The summed E-state index contributed by atoms with van der Waals surface area (Å²) in [6.07, 6.45) is 0. The molecule has 0 aromatic heterocycles. The van der Waals surface area contributed by atoms with Crippen molar-refractivity contribution >= 4 is 0 Å². The second-order valence-corrected chi connectivity index (χ2v) is 2.35. The molecule has 1 aromatic carbocycles. The third-order valence-electron chi connectivity index (χ3n) is 1.58. The quantitative estimate of drug-likeness (QED) is 0.700. The maximum atomic E-state index is 12.5. The highest BCUT2D eigenvalue weighted by Crippen LogP contribution is 2.14. The van der Waals surface area contributed by atoms with Crippen molar-refractivity contribution in [3.63, 3.8) is 0 Å². The lowest BCUT2D eigenvalue weighted by atomic mass is 10.1. The SMILES string of the molecule is OCc1cc(F)c(F)cc1CO. The van der Waals surface area contributed by atoms with Crippen LogP contribution in [0.15, 0.2) is 12.1 Å². The maximum Gasteiger partial charge on any atom is 0.159 e. The van der Waals surface area contributed by atoms with Gasteiger partial charge in [-0.1, -0.05) is 0 Å². The Labute approximate surface area is 68.1 Å². The van der Waals surface area contributed by atoms with Crippen LogP contribution >= 0.6 is 0 Å². The predicted molar refractivity (Wildman–Crippen MR) is 38.2 cm³/mol. The number of aliphatic hydroxyl groups excluding tert-OH is 2. The van der Waals surface area contributed by atoms with E-state index in [1.165, 1.54) is 0 Å². The molecule has 0 saturated carbocycles. The van der Waals surface area contributed by atoms with Gasteiger partial charge in [-0.05, 0) is 23.3 Å². The molecule has 0 radical (unpaired) electrons. The normalized spacial score (nSPS) is 10.3. The summed E-state index contributed by atoms with van der Waals surface area (Å²) in [6, 6.07) is 1.75. The summed E-state index contributed by atoms with van der Waals surface area (Å²) in [5.74, 6) is -2.03. The molecule has 0 fully saturated rings. The molecule has 2 nitrogen and oxygen atoms in total. The predicted octanol–water partition coefficient (Wildman–Crippen LogP) is 0.949. The molecule has 0 unspecified atom stereocenters. The van der Waals surface area contributed by atoms with Gasteiger partial charge >= 0.3 is 0 Å². The smallest absolute Gasteiger partial charge is 0.159 e. The van der Waals surface area contributed by atoms with E-state index in [2.05, 4.69) is 0 Å². The Balaban J connectivity index is 3.19. The second kappa shape index (κ2) is 3.60. The molecule has 0 heterocycles. The highest BCUT2D eigenvalue weighted by atomic mass is 19.2. The molecule has 0 saturated heterocycles. The lowest BCUT2D eigenvalue weighted by molar-refractivity contribution is 0.258. The second-order valence-electron chi connectivity index (χ2n) is 2.35. The van der Waals surface area contributed by atoms with E-state index in [-0.39, 0.29) is 11.1 Å². The summed E-state index contributed by atoms with van der Waals surface area (Å²) in [5.41, 5.74) is 0.410. The lowest BCUT2D eigenvalue weighted by Crippen LogP contribution is -1.97. The summed E-state index contributed by atoms with van der Waals surface area (Å²) < 4.78 is 25.0. The van der Waals surface area contributed by atoms with Crippen LogP contribution in [0.3, 0.4) is 0 Å². The van der Waals surface area contributed by atoms with Gasteiger partial charge in [0.25, 0.3) is 0 Å². The highest BCUT2D eigenvalue weighted by molar-refractivity contribution is 5.27. The molecular formula is C8H8F2O2. The van der Waals surface area contributed by atoms with Crippen LogP contribution in [0.4, 0.5) is 8.78 Å². The van der Waals surface area contributed by atoms with Gasteiger partial charge in [0.05, 0.1) is 13.2 Å². The monoisotopic (exact) mass is 174 g/mol. The molecule has 0 aliphatic rings. The topological polar surface area (TPSA) is 40.5 Å². The standard InChI is InChI=1S/C8H8F2O2/c9-7-1-5(3-11)6(4-12)2-8(7)10/h1-2,11-12H,3-4H2. The zero-order valence-corrected chi connectivity index (χ0v) is 6.22. The summed E-state index contributed by atoms with van der Waals surface area (Å²) in [5, 5.41) is 17.3. The van der Waals surface area contributed by atoms with Crippen molar-refractivity contribution in [3.05, 3.63) is 34.9 Å². The Kier molecular flexibility index (Phi) is 2.73. The third-order valence-corrected chi connectivity index (χ3v) is 1.58. The molecule has 0 spiro atoms. The minimum Gasteiger partial charge on any atom is -0.392 e. The van der Waals surface area contributed by atoms with Gasteiger partial charge in [-0.2, -0.15) is 0 Å². The van der Waals surface area contributed by atoms with E-state index in [1.807, 2.05) is 0 Å². The number of rotatable bonds is 2. The van der Waals surface area contributed by atoms with Crippen molar-refractivity contribution in [1.82, 2.24) is 0 Å². The first kappa shape index (κ1) is 9.09. The van der Waals surface area contributed by atoms with E-state index < -0.39 is 24.8 Å². The minimum absolute atomic E-state index is 0.205. The molecular weight excluding hydrogens is 166 g/mol. The van der Waals surface area contributed by atoms with Gasteiger partial charge in [0.15, 0.2) is 11.6 Å². The third kappa shape index (κ3) is 1.60. The molecule has 0 amide bonds. The Morgan fingerprint density at radius 3 is 1.50 bits per heavy atom. The molecule has 1 rings (SSSR count). The van der Waals surface area contributed by atoms with Gasteiger partial charge in [0.2, 0.25) is 0 Å². The van der Waals surface area contributed by atoms with E-state index in [4.69, 9.17) is 10.2 Å². The molecule has 66 valence electrons. The largest absolute Gasteiger partial charge is 0.392 e. The first-order valence-electron chi connectivity index (χ1n) is 3.37. The van der Waals surface area contributed by atoms with Crippen molar-refractivity contribution < 1.29 is 19.0 Å².